The van der Waals surface area contributed by atoms with Crippen molar-refractivity contribution < 1.29 is 4.79 Å². The van der Waals surface area contributed by atoms with Gasteiger partial charge in [-0.2, -0.15) is 0 Å². The van der Waals surface area contributed by atoms with Crippen LogP contribution >= 0.6 is 0 Å². The van der Waals surface area contributed by atoms with Crippen molar-refractivity contribution in [1.82, 2.24) is 5.32 Å². The van der Waals surface area contributed by atoms with Crippen molar-refractivity contribution >= 4 is 5.91 Å². The minimum Gasteiger partial charge on any atom is -0.353 e. The SMILES string of the molecule is CC(C)C(N)C/C=C\C/C=C\C/C=C\CCCC(=O)NC1CC1. The third kappa shape index (κ3) is 11.8. The molecule has 0 aromatic rings. The molecule has 1 aliphatic carbocycles. The van der Waals surface area contributed by atoms with Gasteiger partial charge in [-0.3, -0.25) is 4.79 Å². The van der Waals surface area contributed by atoms with Gasteiger partial charge in [-0.1, -0.05) is 50.3 Å². The van der Waals surface area contributed by atoms with Crippen LogP contribution in [0.5, 0.6) is 0 Å². The molecule has 0 heterocycles. The minimum atomic E-state index is 0.213. The van der Waals surface area contributed by atoms with Crippen LogP contribution in [-0.4, -0.2) is 18.0 Å². The van der Waals surface area contributed by atoms with Crippen LogP contribution < -0.4 is 11.1 Å². The first-order valence-electron chi connectivity index (χ1n) is 9.09. The molecular formula is C20H34N2O. The number of unbranched alkanes of at least 4 members (excludes halogenated alkanes) is 1. The van der Waals surface area contributed by atoms with Crippen molar-refractivity contribution in [2.75, 3.05) is 0 Å². The molecule has 130 valence electrons. The van der Waals surface area contributed by atoms with Gasteiger partial charge in [0.05, 0.1) is 0 Å². The summed E-state index contributed by atoms with van der Waals surface area (Å²) in [5.41, 5.74) is 5.98. The van der Waals surface area contributed by atoms with Crippen LogP contribution in [0, 0.1) is 5.92 Å². The molecule has 0 aromatic carbocycles. The van der Waals surface area contributed by atoms with E-state index < -0.39 is 0 Å². The lowest BCUT2D eigenvalue weighted by Crippen LogP contribution is -2.25. The van der Waals surface area contributed by atoms with Gasteiger partial charge >= 0.3 is 0 Å². The van der Waals surface area contributed by atoms with E-state index in [4.69, 9.17) is 5.73 Å². The molecule has 1 unspecified atom stereocenters. The Hall–Kier alpha value is -1.35. The molecule has 1 atom stereocenters. The van der Waals surface area contributed by atoms with Gasteiger partial charge in [-0.25, -0.2) is 0 Å². The largest absolute Gasteiger partial charge is 0.353 e. The summed E-state index contributed by atoms with van der Waals surface area (Å²) in [4.78, 5) is 11.5. The predicted octanol–water partition coefficient (Wildman–Crippen LogP) is 4.26. The summed E-state index contributed by atoms with van der Waals surface area (Å²) in [7, 11) is 0. The lowest BCUT2D eigenvalue weighted by atomic mass is 10.0. The second-order valence-corrected chi connectivity index (χ2v) is 6.76. The zero-order valence-corrected chi connectivity index (χ0v) is 14.8. The molecule has 1 fully saturated rings. The molecule has 3 nitrogen and oxygen atoms in total. The molecule has 3 N–H and O–H groups in total. The number of allylic oxidation sites excluding steroid dienone is 5. The number of amides is 1. The summed E-state index contributed by atoms with van der Waals surface area (Å²) < 4.78 is 0. The topological polar surface area (TPSA) is 55.1 Å². The van der Waals surface area contributed by atoms with Gasteiger partial charge in [0.25, 0.3) is 0 Å². The summed E-state index contributed by atoms with van der Waals surface area (Å²) in [5, 5.41) is 3.01. The maximum absolute atomic E-state index is 11.5. The highest BCUT2D eigenvalue weighted by Crippen LogP contribution is 2.18. The zero-order valence-electron chi connectivity index (χ0n) is 14.8. The third-order valence-corrected chi connectivity index (χ3v) is 4.03. The Labute approximate surface area is 142 Å². The average molecular weight is 319 g/mol. The molecule has 1 aliphatic rings. The monoisotopic (exact) mass is 318 g/mol. The van der Waals surface area contributed by atoms with Crippen molar-refractivity contribution in [3.63, 3.8) is 0 Å². The number of hydrogen-bond donors (Lipinski definition) is 2. The van der Waals surface area contributed by atoms with Crippen LogP contribution in [-0.2, 0) is 4.79 Å². The smallest absolute Gasteiger partial charge is 0.220 e. The van der Waals surface area contributed by atoms with Gasteiger partial charge in [0, 0.05) is 18.5 Å². The van der Waals surface area contributed by atoms with Crippen molar-refractivity contribution in [2.45, 2.75) is 77.3 Å². The molecule has 0 aliphatic heterocycles. The number of nitrogens with one attached hydrogen (secondary N) is 1. The van der Waals surface area contributed by atoms with Crippen LogP contribution in [0.2, 0.25) is 0 Å². The highest BCUT2D eigenvalue weighted by Gasteiger charge is 2.22. The molecule has 1 saturated carbocycles. The second kappa shape index (κ2) is 12.1. The fraction of sp³-hybridized carbons (Fsp3) is 0.650. The Balaban J connectivity index is 1.92. The van der Waals surface area contributed by atoms with E-state index in [9.17, 15) is 4.79 Å². The maximum atomic E-state index is 11.5. The normalized spacial score (nSPS) is 16.9. The quantitative estimate of drug-likeness (QED) is 0.417. The Kier molecular flexibility index (Phi) is 10.4. The number of nitrogens with two attached hydrogens (primary N) is 1. The van der Waals surface area contributed by atoms with E-state index in [0.717, 1.165) is 44.9 Å². The Morgan fingerprint density at radius 2 is 1.70 bits per heavy atom. The van der Waals surface area contributed by atoms with Gasteiger partial charge in [0.1, 0.15) is 0 Å². The molecule has 0 spiro atoms. The van der Waals surface area contributed by atoms with Gasteiger partial charge in [-0.15, -0.1) is 0 Å². The number of rotatable bonds is 12. The van der Waals surface area contributed by atoms with E-state index in [1.54, 1.807) is 0 Å². The van der Waals surface area contributed by atoms with Crippen molar-refractivity contribution in [1.29, 1.82) is 0 Å². The lowest BCUT2D eigenvalue weighted by molar-refractivity contribution is -0.121. The highest BCUT2D eigenvalue weighted by atomic mass is 16.1. The van der Waals surface area contributed by atoms with Crippen LogP contribution in [0.4, 0.5) is 0 Å². The first kappa shape index (κ1) is 19.7. The van der Waals surface area contributed by atoms with Gasteiger partial charge < -0.3 is 11.1 Å². The molecule has 3 heteroatoms. The molecular weight excluding hydrogens is 284 g/mol. The lowest BCUT2D eigenvalue weighted by Gasteiger charge is -2.12. The summed E-state index contributed by atoms with van der Waals surface area (Å²) in [6, 6.07) is 0.753. The van der Waals surface area contributed by atoms with Crippen LogP contribution in [0.25, 0.3) is 0 Å². The predicted molar refractivity (Wildman–Crippen MR) is 99.1 cm³/mol. The molecule has 0 radical (unpaired) electrons. The fourth-order valence-electron chi connectivity index (χ4n) is 2.09. The zero-order chi connectivity index (χ0) is 16.9. The Bertz CT molecular complexity index is 406. The van der Waals surface area contributed by atoms with Crippen molar-refractivity contribution in [3.8, 4) is 0 Å². The van der Waals surface area contributed by atoms with E-state index in [1.165, 1.54) is 0 Å². The number of carbonyl (C=O) groups excluding carboxylic acids is 1. The first-order chi connectivity index (χ1) is 11.1. The van der Waals surface area contributed by atoms with E-state index in [2.05, 4.69) is 55.6 Å². The van der Waals surface area contributed by atoms with Gasteiger partial charge in [0.2, 0.25) is 5.91 Å². The second-order valence-electron chi connectivity index (χ2n) is 6.76. The molecule has 0 saturated heterocycles. The standard InChI is InChI=1S/C20H34N2O/c1-17(2)19(21)13-11-9-7-5-3-4-6-8-10-12-14-20(23)22-18-15-16-18/h3,5-6,8-9,11,17-19H,4,7,10,12-16,21H2,1-2H3,(H,22,23)/b5-3-,8-6-,11-9-. The highest BCUT2D eigenvalue weighted by molar-refractivity contribution is 5.76. The maximum Gasteiger partial charge on any atom is 0.220 e. The van der Waals surface area contributed by atoms with Gasteiger partial charge in [-0.05, 0) is 50.9 Å². The van der Waals surface area contributed by atoms with Crippen molar-refractivity contribution in [3.05, 3.63) is 36.5 Å². The van der Waals surface area contributed by atoms with Gasteiger partial charge in [0.15, 0.2) is 0 Å². The minimum absolute atomic E-state index is 0.213. The summed E-state index contributed by atoms with van der Waals surface area (Å²) in [5.74, 6) is 0.755. The molecule has 1 rings (SSSR count). The Morgan fingerprint density at radius 3 is 2.30 bits per heavy atom. The summed E-state index contributed by atoms with van der Waals surface area (Å²) in [6.07, 6.45) is 20.9. The fourth-order valence-corrected chi connectivity index (χ4v) is 2.09. The van der Waals surface area contributed by atoms with Crippen LogP contribution in [0.1, 0.15) is 65.2 Å². The van der Waals surface area contributed by atoms with Crippen LogP contribution in [0.3, 0.4) is 0 Å². The van der Waals surface area contributed by atoms with E-state index in [1.807, 2.05) is 0 Å². The Morgan fingerprint density at radius 1 is 1.09 bits per heavy atom. The van der Waals surface area contributed by atoms with E-state index >= 15 is 0 Å². The third-order valence-electron chi connectivity index (χ3n) is 4.03. The van der Waals surface area contributed by atoms with E-state index in [0.29, 0.717) is 18.4 Å². The molecule has 23 heavy (non-hydrogen) atoms. The average Bonchev–Trinajstić information content (AvgIpc) is 3.31. The molecule has 0 bridgehead atoms. The number of carbonyl (C=O) groups is 1. The summed E-state index contributed by atoms with van der Waals surface area (Å²) >= 11 is 0. The summed E-state index contributed by atoms with van der Waals surface area (Å²) in [6.45, 7) is 4.31. The first-order valence-corrected chi connectivity index (χ1v) is 9.09. The number of hydrogen-bond acceptors (Lipinski definition) is 2. The molecule has 1 amide bonds. The van der Waals surface area contributed by atoms with Crippen molar-refractivity contribution in [2.24, 2.45) is 11.7 Å². The molecule has 0 aromatic heterocycles. The van der Waals surface area contributed by atoms with Crippen LogP contribution in [0.15, 0.2) is 36.5 Å². The van der Waals surface area contributed by atoms with E-state index in [-0.39, 0.29) is 11.9 Å².